The number of aryl methyl sites for hydroxylation is 1. The van der Waals surface area contributed by atoms with Crippen molar-refractivity contribution < 1.29 is 4.79 Å². The van der Waals surface area contributed by atoms with Gasteiger partial charge in [0.1, 0.15) is 0 Å². The van der Waals surface area contributed by atoms with Crippen molar-refractivity contribution in [2.24, 2.45) is 5.92 Å². The lowest BCUT2D eigenvalue weighted by Crippen LogP contribution is -2.63. The van der Waals surface area contributed by atoms with Crippen LogP contribution in [0.3, 0.4) is 0 Å². The minimum absolute atomic E-state index is 0.154. The second-order valence-electron chi connectivity index (χ2n) is 7.10. The maximum atomic E-state index is 13.4. The predicted octanol–water partition coefficient (Wildman–Crippen LogP) is 4.19. The Balaban J connectivity index is 1.77. The molecule has 0 spiro atoms. The van der Waals surface area contributed by atoms with Crippen molar-refractivity contribution in [2.75, 3.05) is 18.0 Å². The lowest BCUT2D eigenvalue weighted by Gasteiger charge is -2.53. The molecule has 1 aromatic heterocycles. The van der Waals surface area contributed by atoms with Gasteiger partial charge in [-0.25, -0.2) is 0 Å². The fourth-order valence-corrected chi connectivity index (χ4v) is 5.09. The average molecular weight is 340 g/mol. The highest BCUT2D eigenvalue weighted by atomic mass is 32.1. The Morgan fingerprint density at radius 1 is 1.21 bits per heavy atom. The van der Waals surface area contributed by atoms with Crippen LogP contribution >= 0.6 is 11.3 Å². The van der Waals surface area contributed by atoms with E-state index in [4.69, 9.17) is 0 Å². The molecule has 3 aliphatic heterocycles. The second-order valence-corrected chi connectivity index (χ2v) is 8.04. The summed E-state index contributed by atoms with van der Waals surface area (Å²) in [5.74, 6) is 0.760. The maximum absolute atomic E-state index is 13.4. The Bertz CT molecular complexity index is 717. The number of thiophene rings is 1. The normalized spacial score (nSPS) is 28.8. The molecule has 2 atom stereocenters. The van der Waals surface area contributed by atoms with Gasteiger partial charge in [-0.3, -0.25) is 9.69 Å². The van der Waals surface area contributed by atoms with E-state index in [-0.39, 0.29) is 11.9 Å². The van der Waals surface area contributed by atoms with Crippen LogP contribution in [0.5, 0.6) is 0 Å². The SMILES string of the molecule is Cc1cccc(N(C(=O)c2cccs2)[C@@H]2C3CCN(CC3)[C@H]2C)c1. The largest absolute Gasteiger partial charge is 0.303 e. The summed E-state index contributed by atoms with van der Waals surface area (Å²) in [4.78, 5) is 18.8. The second kappa shape index (κ2) is 6.34. The van der Waals surface area contributed by atoms with E-state index < -0.39 is 0 Å². The minimum Gasteiger partial charge on any atom is -0.303 e. The molecule has 0 radical (unpaired) electrons. The van der Waals surface area contributed by atoms with Gasteiger partial charge in [0.05, 0.1) is 10.9 Å². The third-order valence-electron chi connectivity index (χ3n) is 5.66. The van der Waals surface area contributed by atoms with Gasteiger partial charge in [-0.2, -0.15) is 0 Å². The molecule has 3 saturated heterocycles. The molecule has 0 aliphatic carbocycles. The van der Waals surface area contributed by atoms with Crippen LogP contribution < -0.4 is 4.90 Å². The number of amides is 1. The molecule has 0 saturated carbocycles. The fourth-order valence-electron chi connectivity index (χ4n) is 4.43. The minimum atomic E-state index is 0.154. The van der Waals surface area contributed by atoms with E-state index in [1.165, 1.54) is 42.8 Å². The van der Waals surface area contributed by atoms with Gasteiger partial charge in [-0.15, -0.1) is 11.3 Å². The smallest absolute Gasteiger partial charge is 0.268 e. The van der Waals surface area contributed by atoms with Crippen LogP contribution in [-0.2, 0) is 0 Å². The Kier molecular flexibility index (Phi) is 4.19. The summed E-state index contributed by atoms with van der Waals surface area (Å²) in [6.07, 6.45) is 2.41. The number of fused-ring (bicyclic) bond motifs is 3. The first-order valence-electron chi connectivity index (χ1n) is 8.83. The molecule has 3 fully saturated rings. The van der Waals surface area contributed by atoms with Gasteiger partial charge in [0.15, 0.2) is 0 Å². The molecule has 0 N–H and O–H groups in total. The Morgan fingerprint density at radius 3 is 2.62 bits per heavy atom. The highest BCUT2D eigenvalue weighted by molar-refractivity contribution is 7.12. The molecule has 2 aromatic rings. The Hall–Kier alpha value is -1.65. The zero-order chi connectivity index (χ0) is 16.7. The molecular formula is C20H24N2OS. The molecule has 126 valence electrons. The van der Waals surface area contributed by atoms with Crippen LogP contribution in [0.25, 0.3) is 0 Å². The molecule has 1 amide bonds. The van der Waals surface area contributed by atoms with Gasteiger partial charge >= 0.3 is 0 Å². The highest BCUT2D eigenvalue weighted by Crippen LogP contribution is 2.38. The first-order valence-corrected chi connectivity index (χ1v) is 9.71. The van der Waals surface area contributed by atoms with Crippen LogP contribution in [-0.4, -0.2) is 36.0 Å². The van der Waals surface area contributed by atoms with E-state index >= 15 is 0 Å². The molecule has 0 unspecified atom stereocenters. The van der Waals surface area contributed by atoms with E-state index in [1.807, 2.05) is 17.5 Å². The van der Waals surface area contributed by atoms with Crippen molar-refractivity contribution in [3.63, 3.8) is 0 Å². The number of carbonyl (C=O) groups is 1. The lowest BCUT2D eigenvalue weighted by atomic mass is 9.78. The third kappa shape index (κ3) is 2.68. The van der Waals surface area contributed by atoms with Gasteiger partial charge in [0, 0.05) is 11.7 Å². The van der Waals surface area contributed by atoms with Gasteiger partial charge in [0.25, 0.3) is 5.91 Å². The number of benzene rings is 1. The Morgan fingerprint density at radius 2 is 2.00 bits per heavy atom. The van der Waals surface area contributed by atoms with Gasteiger partial charge < -0.3 is 4.90 Å². The number of hydrogen-bond acceptors (Lipinski definition) is 3. The monoisotopic (exact) mass is 340 g/mol. The third-order valence-corrected chi connectivity index (χ3v) is 6.51. The quantitative estimate of drug-likeness (QED) is 0.836. The first-order chi connectivity index (χ1) is 11.6. The highest BCUT2D eigenvalue weighted by Gasteiger charge is 2.45. The van der Waals surface area contributed by atoms with Gasteiger partial charge in [-0.05, 0) is 74.8 Å². The summed E-state index contributed by atoms with van der Waals surface area (Å²) < 4.78 is 0. The molecule has 3 nitrogen and oxygen atoms in total. The van der Waals surface area contributed by atoms with Crippen LogP contribution in [0.15, 0.2) is 41.8 Å². The van der Waals surface area contributed by atoms with Crippen molar-refractivity contribution in [3.8, 4) is 0 Å². The summed E-state index contributed by atoms with van der Waals surface area (Å²) >= 11 is 1.54. The van der Waals surface area contributed by atoms with E-state index in [1.54, 1.807) is 0 Å². The van der Waals surface area contributed by atoms with Crippen molar-refractivity contribution in [1.82, 2.24) is 4.90 Å². The molecule has 24 heavy (non-hydrogen) atoms. The standard InChI is InChI=1S/C20H24N2OS/c1-14-5-3-6-17(13-14)22(20(23)18-7-4-12-24-18)19-15(2)21-10-8-16(19)9-11-21/h3-7,12-13,15-16,19H,8-11H2,1-2H3/t15-,19-/m0/s1. The molecule has 3 aliphatic rings. The van der Waals surface area contributed by atoms with E-state index in [9.17, 15) is 4.79 Å². The number of rotatable bonds is 3. The predicted molar refractivity (Wildman–Crippen MR) is 99.9 cm³/mol. The van der Waals surface area contributed by atoms with Crippen molar-refractivity contribution >= 4 is 22.9 Å². The van der Waals surface area contributed by atoms with Crippen molar-refractivity contribution in [1.29, 1.82) is 0 Å². The van der Waals surface area contributed by atoms with Crippen LogP contribution in [0, 0.1) is 12.8 Å². The first kappa shape index (κ1) is 15.9. The molecule has 5 rings (SSSR count). The van der Waals surface area contributed by atoms with Crippen molar-refractivity contribution in [3.05, 3.63) is 52.2 Å². The molecular weight excluding hydrogens is 316 g/mol. The summed E-state index contributed by atoms with van der Waals surface area (Å²) in [6, 6.07) is 13.0. The fraction of sp³-hybridized carbons (Fsp3) is 0.450. The summed E-state index contributed by atoms with van der Waals surface area (Å²) in [7, 11) is 0. The molecule has 4 heteroatoms. The molecule has 2 bridgehead atoms. The van der Waals surface area contributed by atoms with Gasteiger partial charge in [0.2, 0.25) is 0 Å². The van der Waals surface area contributed by atoms with Crippen LogP contribution in [0.1, 0.15) is 35.0 Å². The van der Waals surface area contributed by atoms with Crippen LogP contribution in [0.2, 0.25) is 0 Å². The van der Waals surface area contributed by atoms with Gasteiger partial charge in [-0.1, -0.05) is 18.2 Å². The van der Waals surface area contributed by atoms with E-state index in [2.05, 4.69) is 47.9 Å². The maximum Gasteiger partial charge on any atom is 0.268 e. The summed E-state index contributed by atoms with van der Waals surface area (Å²) in [5, 5.41) is 1.99. The molecule has 1 aromatic carbocycles. The van der Waals surface area contributed by atoms with Crippen LogP contribution in [0.4, 0.5) is 5.69 Å². The van der Waals surface area contributed by atoms with E-state index in [0.717, 1.165) is 10.6 Å². The zero-order valence-electron chi connectivity index (χ0n) is 14.3. The summed E-state index contributed by atoms with van der Waals surface area (Å²) in [6.45, 7) is 6.74. The van der Waals surface area contributed by atoms with E-state index in [0.29, 0.717) is 12.0 Å². The Labute approximate surface area is 147 Å². The average Bonchev–Trinajstić information content (AvgIpc) is 3.13. The number of piperidine rings is 3. The zero-order valence-corrected chi connectivity index (χ0v) is 15.1. The topological polar surface area (TPSA) is 23.6 Å². The molecule has 4 heterocycles. The van der Waals surface area contributed by atoms with Crippen molar-refractivity contribution in [2.45, 2.75) is 38.8 Å². The number of hydrogen-bond donors (Lipinski definition) is 0. The lowest BCUT2D eigenvalue weighted by molar-refractivity contribution is 0.0328. The number of carbonyl (C=O) groups excluding carboxylic acids is 1. The number of nitrogens with zero attached hydrogens (tertiary/aromatic N) is 2. The summed E-state index contributed by atoms with van der Waals surface area (Å²) in [5.41, 5.74) is 2.24. The number of anilines is 1.